The number of hydrogen-bond acceptors (Lipinski definition) is 4. The fourth-order valence-corrected chi connectivity index (χ4v) is 4.48. The van der Waals surface area contributed by atoms with Crippen LogP contribution in [0.2, 0.25) is 0 Å². The number of rotatable bonds is 4. The SMILES string of the molecule is COc1ccc([C@H]2[NH2+]CC[C@@]3(O)CCCC[C@H]23)c(OC)c1OC. The number of piperidine rings is 1. The van der Waals surface area contributed by atoms with Gasteiger partial charge in [0, 0.05) is 12.3 Å². The van der Waals surface area contributed by atoms with Crippen LogP contribution in [-0.2, 0) is 0 Å². The summed E-state index contributed by atoms with van der Waals surface area (Å²) in [7, 11) is 4.92. The summed E-state index contributed by atoms with van der Waals surface area (Å²) in [5.41, 5.74) is 0.561. The standard InChI is InChI=1S/C18H27NO4/c1-21-14-8-7-12(16(22-2)17(14)23-3)15-13-6-4-5-9-18(13,20)10-11-19-15/h7-8,13,15,19-20H,4-6,9-11H2,1-3H3/p+1/t13-,15-,18+/m1/s1. The minimum Gasteiger partial charge on any atom is -0.493 e. The number of nitrogens with two attached hydrogens (primary N) is 1. The summed E-state index contributed by atoms with van der Waals surface area (Å²) in [5.74, 6) is 2.29. The third kappa shape index (κ3) is 2.76. The number of quaternary nitrogens is 1. The number of fused-ring (bicyclic) bond motifs is 1. The molecule has 0 bridgehead atoms. The fourth-order valence-electron chi connectivity index (χ4n) is 4.48. The first kappa shape index (κ1) is 16.4. The zero-order chi connectivity index (χ0) is 16.4. The molecule has 3 N–H and O–H groups in total. The van der Waals surface area contributed by atoms with Gasteiger partial charge < -0.3 is 24.6 Å². The molecule has 0 aromatic heterocycles. The highest BCUT2D eigenvalue weighted by atomic mass is 16.5. The van der Waals surface area contributed by atoms with Gasteiger partial charge in [0.25, 0.3) is 0 Å². The lowest BCUT2D eigenvalue weighted by Gasteiger charge is -2.46. The molecular weight excluding hydrogens is 294 g/mol. The number of aliphatic hydroxyl groups is 1. The van der Waals surface area contributed by atoms with Gasteiger partial charge in [0.05, 0.1) is 39.0 Å². The van der Waals surface area contributed by atoms with Gasteiger partial charge >= 0.3 is 0 Å². The lowest BCUT2D eigenvalue weighted by molar-refractivity contribution is -0.719. The normalized spacial score (nSPS) is 30.4. The smallest absolute Gasteiger partial charge is 0.203 e. The molecule has 1 aliphatic carbocycles. The Kier molecular flexibility index (Phi) is 4.69. The fraction of sp³-hybridized carbons (Fsp3) is 0.667. The van der Waals surface area contributed by atoms with Gasteiger partial charge in [-0.3, -0.25) is 0 Å². The molecule has 2 fully saturated rings. The van der Waals surface area contributed by atoms with E-state index < -0.39 is 5.60 Å². The largest absolute Gasteiger partial charge is 0.493 e. The van der Waals surface area contributed by atoms with Crippen LogP contribution in [0.25, 0.3) is 0 Å². The molecule has 0 amide bonds. The lowest BCUT2D eigenvalue weighted by atomic mass is 9.66. The molecule has 5 nitrogen and oxygen atoms in total. The Hall–Kier alpha value is -1.46. The van der Waals surface area contributed by atoms with Crippen LogP contribution in [0.5, 0.6) is 17.2 Å². The van der Waals surface area contributed by atoms with Crippen molar-refractivity contribution in [2.75, 3.05) is 27.9 Å². The average molecular weight is 322 g/mol. The molecule has 0 spiro atoms. The molecule has 0 unspecified atom stereocenters. The second-order valence-corrected chi connectivity index (χ2v) is 6.68. The van der Waals surface area contributed by atoms with Crippen molar-refractivity contribution in [2.45, 2.75) is 43.7 Å². The molecule has 1 aromatic carbocycles. The average Bonchev–Trinajstić information content (AvgIpc) is 2.59. The maximum atomic E-state index is 11.1. The van der Waals surface area contributed by atoms with E-state index in [0.717, 1.165) is 43.5 Å². The quantitative estimate of drug-likeness (QED) is 0.884. The van der Waals surface area contributed by atoms with Crippen molar-refractivity contribution in [1.29, 1.82) is 0 Å². The van der Waals surface area contributed by atoms with Gasteiger partial charge in [-0.05, 0) is 25.0 Å². The van der Waals surface area contributed by atoms with Crippen LogP contribution in [-0.4, -0.2) is 38.6 Å². The minimum atomic E-state index is -0.532. The van der Waals surface area contributed by atoms with E-state index in [1.807, 2.05) is 6.07 Å². The van der Waals surface area contributed by atoms with E-state index in [0.29, 0.717) is 11.5 Å². The maximum Gasteiger partial charge on any atom is 0.203 e. The Morgan fingerprint density at radius 2 is 1.83 bits per heavy atom. The molecule has 1 saturated carbocycles. The second-order valence-electron chi connectivity index (χ2n) is 6.68. The van der Waals surface area contributed by atoms with Crippen molar-refractivity contribution in [3.05, 3.63) is 17.7 Å². The second kappa shape index (κ2) is 6.57. The lowest BCUT2D eigenvalue weighted by Crippen LogP contribution is -2.91. The van der Waals surface area contributed by atoms with Gasteiger partial charge in [0.15, 0.2) is 11.5 Å². The first-order valence-corrected chi connectivity index (χ1v) is 8.49. The van der Waals surface area contributed by atoms with Crippen LogP contribution < -0.4 is 19.5 Å². The topological polar surface area (TPSA) is 64.5 Å². The summed E-state index contributed by atoms with van der Waals surface area (Å²) < 4.78 is 16.6. The maximum absolute atomic E-state index is 11.1. The van der Waals surface area contributed by atoms with E-state index in [4.69, 9.17) is 14.2 Å². The molecule has 3 atom stereocenters. The molecule has 3 rings (SSSR count). The highest BCUT2D eigenvalue weighted by Crippen LogP contribution is 2.48. The van der Waals surface area contributed by atoms with Gasteiger partial charge in [-0.25, -0.2) is 0 Å². The molecule has 1 aromatic rings. The van der Waals surface area contributed by atoms with Crippen molar-refractivity contribution < 1.29 is 24.6 Å². The zero-order valence-corrected chi connectivity index (χ0v) is 14.3. The Bertz CT molecular complexity index is 558. The highest BCUT2D eigenvalue weighted by molar-refractivity contribution is 5.56. The summed E-state index contributed by atoms with van der Waals surface area (Å²) in [4.78, 5) is 0. The van der Waals surface area contributed by atoms with E-state index in [2.05, 4.69) is 11.4 Å². The summed E-state index contributed by atoms with van der Waals surface area (Å²) in [5, 5.41) is 13.4. The Balaban J connectivity index is 2.03. The van der Waals surface area contributed by atoms with E-state index in [-0.39, 0.29) is 12.0 Å². The number of ether oxygens (including phenoxy) is 3. The van der Waals surface area contributed by atoms with E-state index >= 15 is 0 Å². The molecule has 1 aliphatic heterocycles. The molecular formula is C18H28NO4+. The van der Waals surface area contributed by atoms with Crippen LogP contribution in [0.4, 0.5) is 0 Å². The molecule has 23 heavy (non-hydrogen) atoms. The Morgan fingerprint density at radius 3 is 2.52 bits per heavy atom. The van der Waals surface area contributed by atoms with Crippen molar-refractivity contribution >= 4 is 0 Å². The summed E-state index contributed by atoms with van der Waals surface area (Å²) >= 11 is 0. The van der Waals surface area contributed by atoms with Gasteiger partial charge in [0.1, 0.15) is 6.04 Å². The van der Waals surface area contributed by atoms with Crippen molar-refractivity contribution in [3.63, 3.8) is 0 Å². The van der Waals surface area contributed by atoms with E-state index in [1.165, 1.54) is 6.42 Å². The first-order valence-electron chi connectivity index (χ1n) is 8.49. The third-order valence-electron chi connectivity index (χ3n) is 5.59. The predicted octanol–water partition coefficient (Wildman–Crippen LogP) is 1.64. The van der Waals surface area contributed by atoms with Crippen molar-refractivity contribution in [3.8, 4) is 17.2 Å². The van der Waals surface area contributed by atoms with Crippen molar-refractivity contribution in [2.24, 2.45) is 5.92 Å². The number of hydrogen-bond donors (Lipinski definition) is 2. The Labute approximate surface area is 137 Å². The minimum absolute atomic E-state index is 0.198. The van der Waals surface area contributed by atoms with Gasteiger partial charge in [-0.1, -0.05) is 12.8 Å². The first-order chi connectivity index (χ1) is 11.1. The molecule has 2 aliphatic rings. The van der Waals surface area contributed by atoms with Crippen LogP contribution >= 0.6 is 0 Å². The van der Waals surface area contributed by atoms with Gasteiger partial charge in [-0.15, -0.1) is 0 Å². The van der Waals surface area contributed by atoms with Crippen LogP contribution in [0.3, 0.4) is 0 Å². The van der Waals surface area contributed by atoms with Gasteiger partial charge in [0.2, 0.25) is 5.75 Å². The molecule has 5 heteroatoms. The Morgan fingerprint density at radius 1 is 1.04 bits per heavy atom. The summed E-state index contributed by atoms with van der Waals surface area (Å²) in [6.07, 6.45) is 5.17. The third-order valence-corrected chi connectivity index (χ3v) is 5.59. The van der Waals surface area contributed by atoms with Crippen LogP contribution in [0.1, 0.15) is 43.7 Å². The molecule has 1 saturated heterocycles. The number of methoxy groups -OCH3 is 3. The van der Waals surface area contributed by atoms with Crippen LogP contribution in [0, 0.1) is 5.92 Å². The van der Waals surface area contributed by atoms with E-state index in [1.54, 1.807) is 21.3 Å². The number of benzene rings is 1. The van der Waals surface area contributed by atoms with Crippen LogP contribution in [0.15, 0.2) is 12.1 Å². The summed E-state index contributed by atoms with van der Waals surface area (Å²) in [6.45, 7) is 0.940. The van der Waals surface area contributed by atoms with Gasteiger partial charge in [-0.2, -0.15) is 0 Å². The predicted molar refractivity (Wildman–Crippen MR) is 87.2 cm³/mol. The summed E-state index contributed by atoms with van der Waals surface area (Å²) in [6, 6.07) is 4.19. The van der Waals surface area contributed by atoms with E-state index in [9.17, 15) is 5.11 Å². The van der Waals surface area contributed by atoms with Crippen molar-refractivity contribution in [1.82, 2.24) is 0 Å². The molecule has 1 heterocycles. The highest BCUT2D eigenvalue weighted by Gasteiger charge is 2.49. The zero-order valence-electron chi connectivity index (χ0n) is 14.3. The molecule has 128 valence electrons. The monoisotopic (exact) mass is 322 g/mol. The molecule has 0 radical (unpaired) electrons.